The molecule has 1 aliphatic heterocycles. The number of benzene rings is 1. The van der Waals surface area contributed by atoms with Gasteiger partial charge in [-0.25, -0.2) is 13.6 Å². The quantitative estimate of drug-likeness (QED) is 0.457. The number of halogens is 6. The molecule has 1 N–H and O–H groups in total. The van der Waals surface area contributed by atoms with Gasteiger partial charge in [0, 0.05) is 5.02 Å². The van der Waals surface area contributed by atoms with Gasteiger partial charge in [0.15, 0.2) is 6.10 Å². The second-order valence-corrected chi connectivity index (χ2v) is 7.49. The number of alkyl halides is 5. The van der Waals surface area contributed by atoms with Crippen molar-refractivity contribution in [3.63, 3.8) is 0 Å². The first-order valence-corrected chi connectivity index (χ1v) is 8.64. The van der Waals surface area contributed by atoms with Crippen molar-refractivity contribution >= 4 is 27.8 Å². The number of amides is 1. The van der Waals surface area contributed by atoms with Crippen molar-refractivity contribution in [1.29, 1.82) is 0 Å². The molecular weight excluding hydrogens is 413 g/mol. The lowest BCUT2D eigenvalue weighted by atomic mass is 10.0. The zero-order valence-electron chi connectivity index (χ0n) is 12.6. The lowest BCUT2D eigenvalue weighted by Crippen LogP contribution is -2.45. The first kappa shape index (κ1) is 20.6. The van der Waals surface area contributed by atoms with Crippen LogP contribution >= 0.6 is 11.6 Å². The SMILES string of the molecule is O=C(O)N1CC(F)(F)C(OS(=O)(=O)C(F)(F)F)C1Cc1cccc(Cl)c1. The maximum atomic E-state index is 14.1. The Morgan fingerprint density at radius 3 is 2.50 bits per heavy atom. The number of hydrogen-bond donors (Lipinski definition) is 1. The van der Waals surface area contributed by atoms with Gasteiger partial charge in [-0.1, -0.05) is 23.7 Å². The van der Waals surface area contributed by atoms with Gasteiger partial charge in [-0.05, 0) is 24.1 Å². The molecule has 2 atom stereocenters. The van der Waals surface area contributed by atoms with E-state index in [-0.39, 0.29) is 15.5 Å². The van der Waals surface area contributed by atoms with Crippen LogP contribution in [0.15, 0.2) is 24.3 Å². The summed E-state index contributed by atoms with van der Waals surface area (Å²) in [5.41, 5.74) is -5.72. The van der Waals surface area contributed by atoms with Crippen molar-refractivity contribution < 1.29 is 44.5 Å². The zero-order valence-corrected chi connectivity index (χ0v) is 14.2. The summed E-state index contributed by atoms with van der Waals surface area (Å²) in [4.78, 5) is 11.4. The highest BCUT2D eigenvalue weighted by atomic mass is 35.5. The van der Waals surface area contributed by atoms with E-state index in [2.05, 4.69) is 4.18 Å². The van der Waals surface area contributed by atoms with Crippen LogP contribution in [0.4, 0.5) is 26.7 Å². The van der Waals surface area contributed by atoms with Gasteiger partial charge in [-0.15, -0.1) is 0 Å². The fraction of sp³-hybridized carbons (Fsp3) is 0.462. The van der Waals surface area contributed by atoms with Crippen LogP contribution in [0.5, 0.6) is 0 Å². The number of carboxylic acid groups (broad SMARTS) is 1. The molecule has 0 spiro atoms. The standard InChI is InChI=1S/C13H11ClF5NO5S/c14-8-3-1-2-7(4-8)5-9-10(25-26(23,24)13(17,18)19)12(15,16)6-20(9)11(21)22/h1-4,9-10H,5-6H2,(H,21,22). The molecule has 0 saturated carbocycles. The highest BCUT2D eigenvalue weighted by Gasteiger charge is 2.61. The van der Waals surface area contributed by atoms with Crippen molar-refractivity contribution in [3.05, 3.63) is 34.9 Å². The molecule has 0 aromatic heterocycles. The van der Waals surface area contributed by atoms with Crippen molar-refractivity contribution in [1.82, 2.24) is 4.90 Å². The van der Waals surface area contributed by atoms with Crippen LogP contribution in [0, 0.1) is 0 Å². The Balaban J connectivity index is 2.42. The Bertz CT molecular complexity index is 800. The van der Waals surface area contributed by atoms with Crippen molar-refractivity contribution in [3.8, 4) is 0 Å². The van der Waals surface area contributed by atoms with Gasteiger partial charge in [0.2, 0.25) is 0 Å². The summed E-state index contributed by atoms with van der Waals surface area (Å²) >= 11 is 5.73. The molecule has 146 valence electrons. The third kappa shape index (κ3) is 4.18. The van der Waals surface area contributed by atoms with Gasteiger partial charge in [0.25, 0.3) is 5.92 Å². The van der Waals surface area contributed by atoms with E-state index in [0.717, 1.165) is 0 Å². The maximum Gasteiger partial charge on any atom is 0.523 e. The van der Waals surface area contributed by atoms with Crippen LogP contribution in [-0.2, 0) is 20.7 Å². The fourth-order valence-corrected chi connectivity index (χ4v) is 3.40. The maximum absolute atomic E-state index is 14.1. The lowest BCUT2D eigenvalue weighted by Gasteiger charge is -2.26. The number of likely N-dealkylation sites (tertiary alicyclic amines) is 1. The molecule has 1 aliphatic rings. The first-order valence-electron chi connectivity index (χ1n) is 6.86. The van der Waals surface area contributed by atoms with Crippen LogP contribution < -0.4 is 0 Å². The Morgan fingerprint density at radius 2 is 2.00 bits per heavy atom. The van der Waals surface area contributed by atoms with E-state index in [1.807, 2.05) is 0 Å². The topological polar surface area (TPSA) is 83.9 Å². The first-order chi connectivity index (χ1) is 11.7. The molecule has 0 aliphatic carbocycles. The molecule has 1 aromatic rings. The predicted octanol–water partition coefficient (Wildman–Crippen LogP) is 3.11. The molecule has 0 bridgehead atoms. The second kappa shape index (κ2) is 6.82. The summed E-state index contributed by atoms with van der Waals surface area (Å²) in [7, 11) is -6.36. The summed E-state index contributed by atoms with van der Waals surface area (Å²) in [6.07, 6.45) is -5.23. The molecule has 1 heterocycles. The minimum absolute atomic E-state index is 0.150. The van der Waals surface area contributed by atoms with E-state index in [1.54, 1.807) is 0 Å². The average molecular weight is 424 g/mol. The summed E-state index contributed by atoms with van der Waals surface area (Å²) in [6, 6.07) is 3.63. The van der Waals surface area contributed by atoms with Crippen molar-refractivity contribution in [2.45, 2.75) is 30.0 Å². The minimum atomic E-state index is -6.36. The summed E-state index contributed by atoms with van der Waals surface area (Å²) in [5, 5.41) is 9.24. The van der Waals surface area contributed by atoms with E-state index in [0.29, 0.717) is 0 Å². The number of hydrogen-bond acceptors (Lipinski definition) is 4. The van der Waals surface area contributed by atoms with E-state index >= 15 is 0 Å². The monoisotopic (exact) mass is 423 g/mol. The van der Waals surface area contributed by atoms with Crippen LogP contribution in [-0.4, -0.2) is 54.6 Å². The van der Waals surface area contributed by atoms with Crippen LogP contribution in [0.25, 0.3) is 0 Å². The summed E-state index contributed by atoms with van der Waals surface area (Å²) in [5.74, 6) is -4.15. The second-order valence-electron chi connectivity index (χ2n) is 5.49. The molecule has 1 saturated heterocycles. The minimum Gasteiger partial charge on any atom is -0.465 e. The summed E-state index contributed by atoms with van der Waals surface area (Å²) in [6.45, 7) is -1.51. The molecular formula is C13H11ClF5NO5S. The molecule has 2 unspecified atom stereocenters. The molecule has 0 radical (unpaired) electrons. The van der Waals surface area contributed by atoms with Gasteiger partial charge < -0.3 is 5.11 Å². The van der Waals surface area contributed by atoms with E-state index in [1.165, 1.54) is 24.3 Å². The Hall–Kier alpha value is -1.66. The fourth-order valence-electron chi connectivity index (χ4n) is 2.54. The Kier molecular flexibility index (Phi) is 5.41. The largest absolute Gasteiger partial charge is 0.523 e. The third-order valence-electron chi connectivity index (χ3n) is 3.64. The number of rotatable bonds is 4. The molecule has 1 fully saturated rings. The molecule has 1 amide bonds. The highest BCUT2D eigenvalue weighted by molar-refractivity contribution is 7.87. The van der Waals surface area contributed by atoms with E-state index < -0.39 is 52.8 Å². The molecule has 1 aromatic carbocycles. The van der Waals surface area contributed by atoms with Crippen LogP contribution in [0.2, 0.25) is 5.02 Å². The predicted molar refractivity (Wildman–Crippen MR) is 78.5 cm³/mol. The zero-order chi connectivity index (χ0) is 19.9. The van der Waals surface area contributed by atoms with Gasteiger partial charge in [0.05, 0.1) is 12.6 Å². The van der Waals surface area contributed by atoms with Crippen LogP contribution in [0.1, 0.15) is 5.56 Å². The average Bonchev–Trinajstić information content (AvgIpc) is 2.70. The van der Waals surface area contributed by atoms with E-state index in [4.69, 9.17) is 16.7 Å². The highest BCUT2D eigenvalue weighted by Crippen LogP contribution is 2.39. The number of nitrogens with zero attached hydrogens (tertiary/aromatic N) is 1. The molecule has 2 rings (SSSR count). The van der Waals surface area contributed by atoms with Crippen LogP contribution in [0.3, 0.4) is 0 Å². The molecule has 13 heteroatoms. The van der Waals surface area contributed by atoms with Crippen molar-refractivity contribution in [2.24, 2.45) is 0 Å². The normalized spacial score (nSPS) is 23.2. The smallest absolute Gasteiger partial charge is 0.465 e. The van der Waals surface area contributed by atoms with Gasteiger partial charge >= 0.3 is 21.7 Å². The van der Waals surface area contributed by atoms with Gasteiger partial charge in [0.1, 0.15) is 0 Å². The van der Waals surface area contributed by atoms with Gasteiger partial charge in [-0.2, -0.15) is 21.6 Å². The molecule has 6 nitrogen and oxygen atoms in total. The Morgan fingerprint density at radius 1 is 1.38 bits per heavy atom. The third-order valence-corrected chi connectivity index (χ3v) is 4.90. The van der Waals surface area contributed by atoms with Gasteiger partial charge in [-0.3, -0.25) is 9.08 Å². The molecule has 26 heavy (non-hydrogen) atoms. The van der Waals surface area contributed by atoms with Crippen molar-refractivity contribution in [2.75, 3.05) is 6.54 Å². The van der Waals surface area contributed by atoms with E-state index in [9.17, 15) is 35.2 Å². The summed E-state index contributed by atoms with van der Waals surface area (Å²) < 4.78 is 91.7. The number of carbonyl (C=O) groups is 1. The lowest BCUT2D eigenvalue weighted by molar-refractivity contribution is -0.0901. The Labute approximate surface area is 149 Å².